The van der Waals surface area contributed by atoms with E-state index in [0.29, 0.717) is 0 Å². The van der Waals surface area contributed by atoms with Gasteiger partial charge in [0.1, 0.15) is 5.57 Å². The van der Waals surface area contributed by atoms with Crippen LogP contribution in [0.25, 0.3) is 0 Å². The van der Waals surface area contributed by atoms with Crippen molar-refractivity contribution in [3.8, 4) is 0 Å². The normalized spacial score (nSPS) is 26.5. The summed E-state index contributed by atoms with van der Waals surface area (Å²) in [4.78, 5) is 10.7. The Bertz CT molecular complexity index is 231. The summed E-state index contributed by atoms with van der Waals surface area (Å²) in [6, 6.07) is 0. The molecular formula is C6H5Cl3O3. The van der Waals surface area contributed by atoms with Crippen molar-refractivity contribution in [1.29, 1.82) is 0 Å². The fourth-order valence-electron chi connectivity index (χ4n) is 0.768. The number of hydrogen-bond acceptors (Lipinski definition) is 3. The molecule has 1 aliphatic heterocycles. The quantitative estimate of drug-likeness (QED) is 0.299. The van der Waals surface area contributed by atoms with Gasteiger partial charge in [-0.3, -0.25) is 0 Å². The smallest absolute Gasteiger partial charge is 0.341 e. The second kappa shape index (κ2) is 3.32. The zero-order valence-electron chi connectivity index (χ0n) is 6.01. The average molecular weight is 231 g/mol. The summed E-state index contributed by atoms with van der Waals surface area (Å²) in [5.74, 6) is -0.520. The molecule has 1 saturated heterocycles. The maximum absolute atomic E-state index is 10.7. The van der Waals surface area contributed by atoms with Crippen molar-refractivity contribution < 1.29 is 14.3 Å². The molecule has 1 heterocycles. The molecule has 1 atom stereocenters. The van der Waals surface area contributed by atoms with Gasteiger partial charge >= 0.3 is 5.97 Å². The molecule has 0 amide bonds. The van der Waals surface area contributed by atoms with E-state index in [1.807, 2.05) is 0 Å². The van der Waals surface area contributed by atoms with Crippen molar-refractivity contribution in [2.45, 2.75) is 9.90 Å². The molecule has 0 saturated carbocycles. The van der Waals surface area contributed by atoms with Gasteiger partial charge in [0.25, 0.3) is 0 Å². The highest BCUT2D eigenvalue weighted by Crippen LogP contribution is 2.41. The molecule has 0 N–H and O–H groups in total. The first-order chi connectivity index (χ1) is 5.46. The monoisotopic (exact) mass is 230 g/mol. The Kier molecular flexibility index (Phi) is 2.76. The summed E-state index contributed by atoms with van der Waals surface area (Å²) in [5, 5.41) is 0. The topological polar surface area (TPSA) is 35.5 Å². The van der Waals surface area contributed by atoms with Crippen molar-refractivity contribution >= 4 is 40.8 Å². The van der Waals surface area contributed by atoms with Gasteiger partial charge in [0.05, 0.1) is 13.4 Å². The third kappa shape index (κ3) is 1.79. The summed E-state index contributed by atoms with van der Waals surface area (Å²) in [5.41, 5.74) is 0.234. The lowest BCUT2D eigenvalue weighted by Gasteiger charge is -2.33. The molecule has 0 spiro atoms. The van der Waals surface area contributed by atoms with Crippen LogP contribution >= 0.6 is 34.8 Å². The van der Waals surface area contributed by atoms with Crippen LogP contribution in [-0.4, -0.2) is 23.0 Å². The predicted octanol–water partition coefficient (Wildman–Crippen LogP) is 1.81. The number of esters is 1. The van der Waals surface area contributed by atoms with E-state index in [1.165, 1.54) is 13.4 Å². The van der Waals surface area contributed by atoms with Gasteiger partial charge in [-0.2, -0.15) is 0 Å². The number of carbonyl (C=O) groups excluding carboxylic acids is 1. The van der Waals surface area contributed by atoms with E-state index >= 15 is 0 Å². The maximum atomic E-state index is 10.7. The highest BCUT2D eigenvalue weighted by molar-refractivity contribution is 6.68. The fourth-order valence-corrected chi connectivity index (χ4v) is 1.25. The Hall–Kier alpha value is -0.120. The van der Waals surface area contributed by atoms with Crippen LogP contribution < -0.4 is 0 Å². The van der Waals surface area contributed by atoms with Crippen molar-refractivity contribution in [3.63, 3.8) is 0 Å². The summed E-state index contributed by atoms with van der Waals surface area (Å²) in [7, 11) is 1.40. The van der Waals surface area contributed by atoms with E-state index in [-0.39, 0.29) is 5.57 Å². The summed E-state index contributed by atoms with van der Waals surface area (Å²) in [6.07, 6.45) is 0.383. The Morgan fingerprint density at radius 2 is 2.17 bits per heavy atom. The van der Waals surface area contributed by atoms with Crippen LogP contribution in [0.2, 0.25) is 0 Å². The standard InChI is InChI=1S/C6H5Cl3O3/c1-11-2-3-4(6(7,8)9)12-5(3)10/h2,4H,1H3/b3-2-. The zero-order chi connectivity index (χ0) is 9.35. The molecule has 1 fully saturated rings. The summed E-state index contributed by atoms with van der Waals surface area (Å²) >= 11 is 16.5. The molecule has 0 bridgehead atoms. The van der Waals surface area contributed by atoms with Crippen LogP contribution in [0, 0.1) is 0 Å². The molecule has 12 heavy (non-hydrogen) atoms. The van der Waals surface area contributed by atoms with Crippen LogP contribution in [0.5, 0.6) is 0 Å². The third-order valence-electron chi connectivity index (χ3n) is 1.29. The number of halogens is 3. The number of cyclic esters (lactones) is 1. The van der Waals surface area contributed by atoms with Crippen LogP contribution in [0.3, 0.4) is 0 Å². The van der Waals surface area contributed by atoms with E-state index in [1.54, 1.807) is 0 Å². The predicted molar refractivity (Wildman–Crippen MR) is 45.3 cm³/mol. The molecule has 3 nitrogen and oxygen atoms in total. The molecule has 0 aromatic carbocycles. The lowest BCUT2D eigenvalue weighted by Crippen LogP contribution is -2.45. The van der Waals surface area contributed by atoms with Gasteiger partial charge in [0, 0.05) is 0 Å². The second-order valence-corrected chi connectivity index (χ2v) is 4.50. The largest absolute Gasteiger partial charge is 0.504 e. The maximum Gasteiger partial charge on any atom is 0.341 e. The number of carbonyl (C=O) groups is 1. The van der Waals surface area contributed by atoms with Crippen LogP contribution in [0.15, 0.2) is 11.8 Å². The van der Waals surface area contributed by atoms with Gasteiger partial charge in [-0.25, -0.2) is 4.79 Å². The molecule has 6 heteroatoms. The average Bonchev–Trinajstić information content (AvgIpc) is 1.93. The van der Waals surface area contributed by atoms with Gasteiger partial charge in [-0.05, 0) is 0 Å². The minimum absolute atomic E-state index is 0.234. The minimum Gasteiger partial charge on any atom is -0.504 e. The van der Waals surface area contributed by atoms with E-state index in [0.717, 1.165) is 0 Å². The van der Waals surface area contributed by atoms with E-state index in [9.17, 15) is 4.79 Å². The number of hydrogen-bond donors (Lipinski definition) is 0. The van der Waals surface area contributed by atoms with E-state index in [4.69, 9.17) is 34.8 Å². The molecule has 0 aromatic rings. The van der Waals surface area contributed by atoms with Crippen LogP contribution in [0.1, 0.15) is 0 Å². The summed E-state index contributed by atoms with van der Waals surface area (Å²) in [6.45, 7) is 0. The van der Waals surface area contributed by atoms with Crippen molar-refractivity contribution in [2.75, 3.05) is 7.11 Å². The number of methoxy groups -OCH3 is 1. The molecule has 68 valence electrons. The Morgan fingerprint density at radius 3 is 2.50 bits per heavy atom. The van der Waals surface area contributed by atoms with Crippen LogP contribution in [-0.2, 0) is 14.3 Å². The molecule has 0 aliphatic carbocycles. The van der Waals surface area contributed by atoms with Crippen LogP contribution in [0.4, 0.5) is 0 Å². The number of rotatable bonds is 1. The van der Waals surface area contributed by atoms with Crippen molar-refractivity contribution in [3.05, 3.63) is 11.8 Å². The molecule has 1 unspecified atom stereocenters. The second-order valence-electron chi connectivity index (χ2n) is 2.14. The van der Waals surface area contributed by atoms with Gasteiger partial charge in [0.2, 0.25) is 3.79 Å². The molecular weight excluding hydrogens is 226 g/mol. The number of alkyl halides is 3. The van der Waals surface area contributed by atoms with E-state index < -0.39 is 15.9 Å². The minimum atomic E-state index is -1.63. The number of ether oxygens (including phenoxy) is 2. The lowest BCUT2D eigenvalue weighted by molar-refractivity contribution is -0.156. The van der Waals surface area contributed by atoms with Crippen molar-refractivity contribution in [2.24, 2.45) is 0 Å². The van der Waals surface area contributed by atoms with Gasteiger partial charge in [-0.15, -0.1) is 0 Å². The lowest BCUT2D eigenvalue weighted by atomic mass is 10.1. The third-order valence-corrected chi connectivity index (χ3v) is 1.88. The van der Waals surface area contributed by atoms with E-state index in [2.05, 4.69) is 9.47 Å². The zero-order valence-corrected chi connectivity index (χ0v) is 8.28. The van der Waals surface area contributed by atoms with Crippen molar-refractivity contribution in [1.82, 2.24) is 0 Å². The Balaban J connectivity index is 2.73. The Morgan fingerprint density at radius 1 is 1.58 bits per heavy atom. The molecule has 0 radical (unpaired) electrons. The van der Waals surface area contributed by atoms with Gasteiger partial charge in [-0.1, -0.05) is 34.8 Å². The van der Waals surface area contributed by atoms with Gasteiger partial charge in [0.15, 0.2) is 6.10 Å². The first-order valence-corrected chi connectivity index (χ1v) is 4.10. The molecule has 1 aliphatic rings. The molecule has 1 rings (SSSR count). The highest BCUT2D eigenvalue weighted by atomic mass is 35.6. The van der Waals surface area contributed by atoms with Gasteiger partial charge < -0.3 is 9.47 Å². The summed E-state index contributed by atoms with van der Waals surface area (Å²) < 4.78 is 7.56. The fraction of sp³-hybridized carbons (Fsp3) is 0.500. The first-order valence-electron chi connectivity index (χ1n) is 2.97. The highest BCUT2D eigenvalue weighted by Gasteiger charge is 2.49. The SMILES string of the molecule is CO/C=C1\C(=O)OC1C(Cl)(Cl)Cl. The molecule has 0 aromatic heterocycles. The Labute approximate surface area is 84.2 Å². The first kappa shape index (κ1) is 9.96.